The Labute approximate surface area is 136 Å². The molecule has 3 rings (SSSR count). The number of aromatic amines is 1. The third kappa shape index (κ3) is 2.85. The summed E-state index contributed by atoms with van der Waals surface area (Å²) in [6.45, 7) is 1.92. The fraction of sp³-hybridized carbons (Fsp3) is 0.333. The molecule has 1 atom stereocenters. The van der Waals surface area contributed by atoms with Crippen molar-refractivity contribution in [3.8, 4) is 0 Å². The predicted octanol–water partition coefficient (Wildman–Crippen LogP) is 3.94. The highest BCUT2D eigenvalue weighted by Crippen LogP contribution is 2.30. The molecule has 1 aliphatic rings. The third-order valence-corrected chi connectivity index (χ3v) is 5.40. The van der Waals surface area contributed by atoms with Crippen molar-refractivity contribution in [2.45, 2.75) is 32.2 Å². The molecule has 0 fully saturated rings. The van der Waals surface area contributed by atoms with Crippen LogP contribution in [-0.2, 0) is 6.42 Å². The Bertz CT molecular complexity index is 675. The number of carbonyl (C=O) groups excluding carboxylic acids is 1. The lowest BCUT2D eigenvalue weighted by Gasteiger charge is -2.23. The van der Waals surface area contributed by atoms with E-state index in [0.29, 0.717) is 10.6 Å². The van der Waals surface area contributed by atoms with Crippen LogP contribution in [0.25, 0.3) is 0 Å². The third-order valence-electron chi connectivity index (χ3n) is 3.82. The lowest BCUT2D eigenvalue weighted by atomic mass is 9.93. The van der Waals surface area contributed by atoms with Gasteiger partial charge in [-0.1, -0.05) is 11.6 Å². The zero-order valence-corrected chi connectivity index (χ0v) is 13.9. The van der Waals surface area contributed by atoms with Crippen LogP contribution in [0.2, 0.25) is 5.02 Å². The number of rotatable bonds is 2. The second-order valence-electron chi connectivity index (χ2n) is 5.32. The maximum Gasteiger partial charge on any atom is 0.251 e. The zero-order valence-electron chi connectivity index (χ0n) is 11.5. The van der Waals surface area contributed by atoms with Gasteiger partial charge in [0, 0.05) is 10.0 Å². The normalized spacial score (nSPS) is 17.4. The fourth-order valence-corrected chi connectivity index (χ4v) is 3.20. The molecule has 1 aliphatic carbocycles. The van der Waals surface area contributed by atoms with Crippen LogP contribution in [0, 0.1) is 6.92 Å². The van der Waals surface area contributed by atoms with Crippen molar-refractivity contribution in [3.05, 3.63) is 50.2 Å². The van der Waals surface area contributed by atoms with E-state index in [-0.39, 0.29) is 11.9 Å². The second-order valence-corrected chi connectivity index (χ2v) is 6.52. The van der Waals surface area contributed by atoms with E-state index >= 15 is 0 Å². The molecule has 21 heavy (non-hydrogen) atoms. The monoisotopic (exact) mass is 367 g/mol. The zero-order chi connectivity index (χ0) is 15.0. The average molecular weight is 369 g/mol. The SMILES string of the molecule is Cc1cc(C(=O)NC2CCCc3cn[nH]c32)cc(Cl)c1Br. The minimum Gasteiger partial charge on any atom is -0.344 e. The summed E-state index contributed by atoms with van der Waals surface area (Å²) < 4.78 is 0.828. The first kappa shape index (κ1) is 14.6. The molecular weight excluding hydrogens is 354 g/mol. The quantitative estimate of drug-likeness (QED) is 0.843. The molecule has 0 bridgehead atoms. The number of nitrogens with zero attached hydrogens (tertiary/aromatic N) is 1. The molecule has 6 heteroatoms. The Kier molecular flexibility index (Phi) is 4.04. The summed E-state index contributed by atoms with van der Waals surface area (Å²) in [4.78, 5) is 12.4. The summed E-state index contributed by atoms with van der Waals surface area (Å²) in [5.41, 5.74) is 3.73. The van der Waals surface area contributed by atoms with Crippen molar-refractivity contribution < 1.29 is 4.79 Å². The van der Waals surface area contributed by atoms with Crippen molar-refractivity contribution in [2.75, 3.05) is 0 Å². The topological polar surface area (TPSA) is 57.8 Å². The number of halogens is 2. The highest BCUT2D eigenvalue weighted by Gasteiger charge is 2.24. The fourth-order valence-electron chi connectivity index (χ4n) is 2.71. The van der Waals surface area contributed by atoms with Gasteiger partial charge in [0.25, 0.3) is 5.91 Å². The maximum atomic E-state index is 12.4. The molecule has 0 saturated heterocycles. The number of aromatic nitrogens is 2. The molecule has 0 spiro atoms. The maximum absolute atomic E-state index is 12.4. The molecule has 1 unspecified atom stereocenters. The van der Waals surface area contributed by atoms with Crippen molar-refractivity contribution in [3.63, 3.8) is 0 Å². The molecule has 2 N–H and O–H groups in total. The van der Waals surface area contributed by atoms with Gasteiger partial charge in [0.1, 0.15) is 0 Å². The van der Waals surface area contributed by atoms with Gasteiger partial charge >= 0.3 is 0 Å². The Morgan fingerprint density at radius 3 is 3.10 bits per heavy atom. The molecule has 0 aliphatic heterocycles. The van der Waals surface area contributed by atoms with Gasteiger partial charge in [-0.05, 0) is 65.4 Å². The van der Waals surface area contributed by atoms with Crippen LogP contribution in [0.4, 0.5) is 0 Å². The first-order valence-corrected chi connectivity index (χ1v) is 8.02. The van der Waals surface area contributed by atoms with Gasteiger partial charge in [-0.2, -0.15) is 5.10 Å². The predicted molar refractivity (Wildman–Crippen MR) is 85.6 cm³/mol. The van der Waals surface area contributed by atoms with Crippen molar-refractivity contribution >= 4 is 33.4 Å². The second kappa shape index (κ2) is 5.81. The largest absolute Gasteiger partial charge is 0.344 e. The van der Waals surface area contributed by atoms with Gasteiger partial charge in [0.05, 0.1) is 23.0 Å². The summed E-state index contributed by atoms with van der Waals surface area (Å²) in [6.07, 6.45) is 4.83. The van der Waals surface area contributed by atoms with Gasteiger partial charge < -0.3 is 5.32 Å². The molecular formula is C15H15BrClN3O. The van der Waals surface area contributed by atoms with Gasteiger partial charge in [0.2, 0.25) is 0 Å². The molecule has 1 amide bonds. The number of hydrogen-bond donors (Lipinski definition) is 2. The summed E-state index contributed by atoms with van der Waals surface area (Å²) >= 11 is 9.53. The van der Waals surface area contributed by atoms with Gasteiger partial charge in [-0.25, -0.2) is 0 Å². The van der Waals surface area contributed by atoms with Gasteiger partial charge in [-0.15, -0.1) is 0 Å². The van der Waals surface area contributed by atoms with Crippen LogP contribution in [0.15, 0.2) is 22.8 Å². The molecule has 1 aromatic heterocycles. The summed E-state index contributed by atoms with van der Waals surface area (Å²) in [6, 6.07) is 3.51. The minimum absolute atomic E-state index is 0.00789. The van der Waals surface area contributed by atoms with E-state index in [1.54, 1.807) is 6.07 Å². The number of hydrogen-bond acceptors (Lipinski definition) is 2. The van der Waals surface area contributed by atoms with Gasteiger partial charge in [-0.3, -0.25) is 9.89 Å². The molecule has 4 nitrogen and oxygen atoms in total. The van der Waals surface area contributed by atoms with Crippen molar-refractivity contribution in [1.82, 2.24) is 15.5 Å². The van der Waals surface area contributed by atoms with Crippen molar-refractivity contribution in [2.24, 2.45) is 0 Å². The smallest absolute Gasteiger partial charge is 0.251 e. The van der Waals surface area contributed by atoms with Crippen LogP contribution >= 0.6 is 27.5 Å². The standard InChI is InChI=1S/C15H15BrClN3O/c1-8-5-10(6-11(17)13(8)16)15(21)19-12-4-2-3-9-7-18-20-14(9)12/h5-7,12H,2-4H2,1H3,(H,18,20)(H,19,21). The van der Waals surface area contributed by atoms with Crippen molar-refractivity contribution in [1.29, 1.82) is 0 Å². The lowest BCUT2D eigenvalue weighted by molar-refractivity contribution is 0.0931. The molecule has 1 heterocycles. The number of aryl methyl sites for hydroxylation is 2. The molecule has 2 aromatic rings. The number of benzene rings is 1. The lowest BCUT2D eigenvalue weighted by Crippen LogP contribution is -2.31. The summed E-state index contributed by atoms with van der Waals surface area (Å²) in [5.74, 6) is -0.111. The van der Waals surface area contributed by atoms with E-state index in [1.165, 1.54) is 5.56 Å². The highest BCUT2D eigenvalue weighted by molar-refractivity contribution is 9.10. The summed E-state index contributed by atoms with van der Waals surface area (Å²) in [7, 11) is 0. The van der Waals surface area contributed by atoms with Crippen LogP contribution in [0.1, 0.15) is 46.1 Å². The molecule has 1 aromatic carbocycles. The Balaban J connectivity index is 1.82. The number of fused-ring (bicyclic) bond motifs is 1. The average Bonchev–Trinajstić information content (AvgIpc) is 2.93. The first-order chi connectivity index (χ1) is 10.1. The van der Waals surface area contributed by atoms with E-state index in [9.17, 15) is 4.79 Å². The number of H-pyrrole nitrogens is 1. The number of carbonyl (C=O) groups is 1. The van der Waals surface area contributed by atoms with Crippen LogP contribution in [0.5, 0.6) is 0 Å². The Morgan fingerprint density at radius 1 is 1.52 bits per heavy atom. The molecule has 0 radical (unpaired) electrons. The minimum atomic E-state index is -0.111. The van der Waals surface area contributed by atoms with E-state index in [1.807, 2.05) is 19.2 Å². The van der Waals surface area contributed by atoms with E-state index in [0.717, 1.165) is 35.0 Å². The van der Waals surface area contributed by atoms with Crippen LogP contribution in [0.3, 0.4) is 0 Å². The molecule has 0 saturated carbocycles. The highest BCUT2D eigenvalue weighted by atomic mass is 79.9. The summed E-state index contributed by atoms with van der Waals surface area (Å²) in [5, 5.41) is 10.7. The molecule has 110 valence electrons. The van der Waals surface area contributed by atoms with E-state index in [4.69, 9.17) is 11.6 Å². The van der Waals surface area contributed by atoms with E-state index in [2.05, 4.69) is 31.4 Å². The van der Waals surface area contributed by atoms with Crippen LogP contribution in [-0.4, -0.2) is 16.1 Å². The van der Waals surface area contributed by atoms with Gasteiger partial charge in [0.15, 0.2) is 0 Å². The van der Waals surface area contributed by atoms with Crippen LogP contribution < -0.4 is 5.32 Å². The number of amides is 1. The Morgan fingerprint density at radius 2 is 2.33 bits per heavy atom. The number of nitrogens with one attached hydrogen (secondary N) is 2. The van der Waals surface area contributed by atoms with E-state index < -0.39 is 0 Å². The first-order valence-electron chi connectivity index (χ1n) is 6.85. The Hall–Kier alpha value is -1.33.